The summed E-state index contributed by atoms with van der Waals surface area (Å²) in [5, 5.41) is 0.815. The highest BCUT2D eigenvalue weighted by atomic mass is 79.9. The van der Waals surface area contributed by atoms with Gasteiger partial charge >= 0.3 is 0 Å². The van der Waals surface area contributed by atoms with Crippen LogP contribution in [0.2, 0.25) is 0 Å². The molecule has 2 aliphatic carbocycles. The van der Waals surface area contributed by atoms with Gasteiger partial charge in [-0.2, -0.15) is 0 Å². The number of allylic oxidation sites excluding steroid dienone is 7. The molecule has 2 unspecified atom stereocenters. The summed E-state index contributed by atoms with van der Waals surface area (Å²) >= 11 is 10.0. The van der Waals surface area contributed by atoms with Crippen molar-refractivity contribution in [3.05, 3.63) is 69.0 Å². The summed E-state index contributed by atoms with van der Waals surface area (Å²) in [5.74, 6) is 0.0631. The molecule has 0 N–H and O–H groups in total. The molecular weight excluding hydrogens is 336 g/mol. The molecule has 0 saturated heterocycles. The molecule has 4 heteroatoms. The fourth-order valence-corrected chi connectivity index (χ4v) is 3.78. The van der Waals surface area contributed by atoms with Gasteiger partial charge in [-0.15, -0.1) is 0 Å². The molecule has 0 aromatic carbocycles. The summed E-state index contributed by atoms with van der Waals surface area (Å²) in [7, 11) is 2.12. The maximum Gasteiger partial charge on any atom is 0.0839 e. The van der Waals surface area contributed by atoms with Gasteiger partial charge in [0, 0.05) is 16.6 Å². The quantitative estimate of drug-likeness (QED) is 0.645. The van der Waals surface area contributed by atoms with Gasteiger partial charge in [-0.25, -0.2) is 0 Å². The third kappa shape index (κ3) is 1.60. The van der Waals surface area contributed by atoms with Gasteiger partial charge in [0.25, 0.3) is 0 Å². The molecule has 0 aromatic heterocycles. The summed E-state index contributed by atoms with van der Waals surface area (Å²) in [6.07, 6.45) is 14.7. The Balaban J connectivity index is 1.87. The molecule has 0 saturated carbocycles. The smallest absolute Gasteiger partial charge is 0.0839 e. The van der Waals surface area contributed by atoms with Gasteiger partial charge in [-0.05, 0) is 39.7 Å². The highest BCUT2D eigenvalue weighted by molar-refractivity contribution is 9.12. The molecule has 0 fully saturated rings. The first-order valence-corrected chi connectivity index (χ1v) is 7.69. The van der Waals surface area contributed by atoms with E-state index in [9.17, 15) is 0 Å². The Labute approximate surface area is 131 Å². The third-order valence-electron chi connectivity index (χ3n) is 4.10. The number of likely N-dealkylation sites (N-methyl/N-ethyl adjacent to an activating group) is 1. The molecule has 0 radical (unpaired) electrons. The number of halogens is 2. The fraction of sp³-hybridized carbons (Fsp3) is 0.188. The predicted octanol–water partition coefficient (Wildman–Crippen LogP) is 4.05. The monoisotopic (exact) mass is 346 g/mol. The molecule has 0 amide bonds. The molecule has 2 heterocycles. The van der Waals surface area contributed by atoms with Crippen molar-refractivity contribution in [2.24, 2.45) is 10.9 Å². The van der Waals surface area contributed by atoms with Crippen molar-refractivity contribution in [3.8, 4) is 0 Å². The van der Waals surface area contributed by atoms with E-state index in [0.29, 0.717) is 0 Å². The summed E-state index contributed by atoms with van der Waals surface area (Å²) in [4.78, 5) is 7.04. The summed E-state index contributed by atoms with van der Waals surface area (Å²) in [5.41, 5.74) is 4.53. The molecule has 20 heavy (non-hydrogen) atoms. The zero-order valence-electron chi connectivity index (χ0n) is 10.8. The minimum Gasteiger partial charge on any atom is -0.365 e. The largest absolute Gasteiger partial charge is 0.365 e. The van der Waals surface area contributed by atoms with Crippen LogP contribution in [0.1, 0.15) is 0 Å². The van der Waals surface area contributed by atoms with E-state index >= 15 is 0 Å². The SMILES string of the molecule is CN1C2=C(C=C3C=CC=CC31)N=C1C=CC(Br)=C(Cl)C12. The predicted molar refractivity (Wildman–Crippen MR) is 86.8 cm³/mol. The lowest BCUT2D eigenvalue weighted by atomic mass is 9.89. The normalized spacial score (nSPS) is 30.2. The van der Waals surface area contributed by atoms with Gasteiger partial charge in [-0.3, -0.25) is 4.99 Å². The summed E-state index contributed by atoms with van der Waals surface area (Å²) in [6, 6.07) is 0.280. The van der Waals surface area contributed by atoms with Gasteiger partial charge in [0.15, 0.2) is 0 Å². The number of nitrogens with zero attached hydrogens (tertiary/aromatic N) is 2. The Morgan fingerprint density at radius 1 is 1.25 bits per heavy atom. The molecule has 0 bridgehead atoms. The van der Waals surface area contributed by atoms with Crippen LogP contribution in [0.5, 0.6) is 0 Å². The second-order valence-electron chi connectivity index (χ2n) is 5.21. The van der Waals surface area contributed by atoms with Crippen molar-refractivity contribution in [3.63, 3.8) is 0 Å². The first-order chi connectivity index (χ1) is 9.66. The zero-order chi connectivity index (χ0) is 13.9. The molecule has 0 spiro atoms. The third-order valence-corrected chi connectivity index (χ3v) is 5.44. The van der Waals surface area contributed by atoms with E-state index in [-0.39, 0.29) is 12.0 Å². The molecular formula is C16H12BrClN2. The minimum atomic E-state index is 0.0631. The molecule has 2 nitrogen and oxygen atoms in total. The van der Waals surface area contributed by atoms with Crippen LogP contribution >= 0.6 is 27.5 Å². The highest BCUT2D eigenvalue weighted by Crippen LogP contribution is 2.45. The van der Waals surface area contributed by atoms with Crippen LogP contribution in [0.4, 0.5) is 0 Å². The van der Waals surface area contributed by atoms with E-state index in [1.807, 2.05) is 12.2 Å². The molecule has 4 aliphatic rings. The first-order valence-electron chi connectivity index (χ1n) is 6.52. The molecule has 2 atom stereocenters. The van der Waals surface area contributed by atoms with E-state index in [1.54, 1.807) is 0 Å². The second kappa shape index (κ2) is 4.34. The Hall–Kier alpha value is -1.32. The fourth-order valence-electron chi connectivity index (χ4n) is 3.14. The topological polar surface area (TPSA) is 15.6 Å². The summed E-state index contributed by atoms with van der Waals surface area (Å²) < 4.78 is 0.944. The average Bonchev–Trinajstić information content (AvgIpc) is 2.82. The van der Waals surface area contributed by atoms with Gasteiger partial charge < -0.3 is 4.90 Å². The Bertz CT molecular complexity index is 719. The maximum absolute atomic E-state index is 6.52. The number of hydrogen-bond donors (Lipinski definition) is 0. The lowest BCUT2D eigenvalue weighted by Gasteiger charge is -2.37. The summed E-state index contributed by atoms with van der Waals surface area (Å²) in [6.45, 7) is 0. The number of fused-ring (bicyclic) bond motifs is 3. The van der Waals surface area contributed by atoms with Crippen LogP contribution in [-0.2, 0) is 0 Å². The van der Waals surface area contributed by atoms with Crippen LogP contribution < -0.4 is 0 Å². The number of hydrogen-bond acceptors (Lipinski definition) is 2. The lowest BCUT2D eigenvalue weighted by molar-refractivity contribution is 0.364. The van der Waals surface area contributed by atoms with E-state index < -0.39 is 0 Å². The van der Waals surface area contributed by atoms with Gasteiger partial charge in [0.1, 0.15) is 0 Å². The minimum absolute atomic E-state index is 0.0631. The van der Waals surface area contributed by atoms with Crippen LogP contribution in [0.15, 0.2) is 74.0 Å². The molecule has 100 valence electrons. The van der Waals surface area contributed by atoms with Gasteiger partial charge in [0.05, 0.1) is 29.1 Å². The first kappa shape index (κ1) is 12.4. The van der Waals surface area contributed by atoms with E-state index in [4.69, 9.17) is 16.6 Å². The van der Waals surface area contributed by atoms with Crippen LogP contribution in [-0.4, -0.2) is 23.7 Å². The zero-order valence-corrected chi connectivity index (χ0v) is 13.2. The van der Waals surface area contributed by atoms with Crippen molar-refractivity contribution in [2.75, 3.05) is 7.05 Å². The van der Waals surface area contributed by atoms with Crippen LogP contribution in [0.25, 0.3) is 0 Å². The van der Waals surface area contributed by atoms with Crippen LogP contribution in [0.3, 0.4) is 0 Å². The van der Waals surface area contributed by atoms with Gasteiger partial charge in [0.2, 0.25) is 0 Å². The Morgan fingerprint density at radius 3 is 2.95 bits per heavy atom. The van der Waals surface area contributed by atoms with Crippen LogP contribution in [0, 0.1) is 5.92 Å². The van der Waals surface area contributed by atoms with E-state index in [0.717, 1.165) is 20.9 Å². The highest BCUT2D eigenvalue weighted by Gasteiger charge is 2.39. The second-order valence-corrected chi connectivity index (χ2v) is 6.48. The Morgan fingerprint density at radius 2 is 2.10 bits per heavy atom. The van der Waals surface area contributed by atoms with E-state index in [2.05, 4.69) is 58.3 Å². The maximum atomic E-state index is 6.52. The van der Waals surface area contributed by atoms with E-state index in [1.165, 1.54) is 11.3 Å². The Kier molecular flexibility index (Phi) is 2.69. The van der Waals surface area contributed by atoms with Crippen molar-refractivity contribution < 1.29 is 0 Å². The number of rotatable bonds is 0. The molecule has 0 aromatic rings. The molecule has 4 rings (SSSR count). The van der Waals surface area contributed by atoms with Gasteiger partial charge in [-0.1, -0.05) is 35.9 Å². The van der Waals surface area contributed by atoms with Crippen molar-refractivity contribution in [1.29, 1.82) is 0 Å². The lowest BCUT2D eigenvalue weighted by Crippen LogP contribution is -2.37. The van der Waals surface area contributed by atoms with Crippen molar-refractivity contribution >= 4 is 33.2 Å². The average molecular weight is 348 g/mol. The standard InChI is InChI=1S/C16H12BrClN2/c1-20-13-5-3-2-4-9(13)8-12-16(20)14-11(19-12)7-6-10(17)15(14)18/h2-8,13-14H,1H3. The number of aliphatic imine (C=N–C) groups is 1. The van der Waals surface area contributed by atoms with Crippen molar-refractivity contribution in [2.45, 2.75) is 6.04 Å². The van der Waals surface area contributed by atoms with Crippen molar-refractivity contribution in [1.82, 2.24) is 4.90 Å². The molecule has 2 aliphatic heterocycles.